The Morgan fingerprint density at radius 2 is 2.50 bits per heavy atom. The van der Waals surface area contributed by atoms with Crippen molar-refractivity contribution in [2.24, 2.45) is 0 Å². The molecule has 14 heavy (non-hydrogen) atoms. The van der Waals surface area contributed by atoms with Gasteiger partial charge in [0.1, 0.15) is 6.10 Å². The van der Waals surface area contributed by atoms with Crippen LogP contribution in [0.5, 0.6) is 0 Å². The van der Waals surface area contributed by atoms with E-state index in [4.69, 9.17) is 14.6 Å². The number of carbonyl (C=O) groups is 1. The van der Waals surface area contributed by atoms with Crippen molar-refractivity contribution in [2.75, 3.05) is 6.61 Å². The van der Waals surface area contributed by atoms with Crippen LogP contribution in [0.2, 0.25) is 0 Å². The summed E-state index contributed by atoms with van der Waals surface area (Å²) < 4.78 is 10.7. The minimum absolute atomic E-state index is 0.174. The molecule has 1 unspecified atom stereocenters. The quantitative estimate of drug-likeness (QED) is 0.693. The Labute approximate surface area is 83.5 Å². The van der Waals surface area contributed by atoms with Crippen LogP contribution in [-0.4, -0.2) is 36.0 Å². The molecule has 1 aliphatic heterocycles. The molecule has 1 saturated heterocycles. The number of rotatable bonds is 4. The summed E-state index contributed by atoms with van der Waals surface area (Å²) in [6.45, 7) is 5.85. The summed E-state index contributed by atoms with van der Waals surface area (Å²) >= 11 is 0. The molecular formula is C10H16O4. The second-order valence-corrected chi connectivity index (χ2v) is 3.37. The van der Waals surface area contributed by atoms with Crippen molar-refractivity contribution < 1.29 is 19.4 Å². The van der Waals surface area contributed by atoms with Gasteiger partial charge in [-0.3, -0.25) is 0 Å². The predicted molar refractivity (Wildman–Crippen MR) is 51.1 cm³/mol. The first kappa shape index (κ1) is 11.2. The van der Waals surface area contributed by atoms with Crippen LogP contribution in [0.3, 0.4) is 0 Å². The van der Waals surface area contributed by atoms with E-state index < -0.39 is 12.1 Å². The molecule has 80 valence electrons. The predicted octanol–water partition coefficient (Wildman–Crippen LogP) is 1.21. The van der Waals surface area contributed by atoms with E-state index in [-0.39, 0.29) is 12.2 Å². The van der Waals surface area contributed by atoms with Gasteiger partial charge < -0.3 is 14.6 Å². The topological polar surface area (TPSA) is 55.8 Å². The highest BCUT2D eigenvalue weighted by Gasteiger charge is 2.27. The van der Waals surface area contributed by atoms with Crippen LogP contribution >= 0.6 is 0 Å². The highest BCUT2D eigenvalue weighted by molar-refractivity contribution is 5.71. The number of hydrogen-bond donors (Lipinski definition) is 1. The van der Waals surface area contributed by atoms with E-state index in [1.165, 1.54) is 6.92 Å². The largest absolute Gasteiger partial charge is 0.479 e. The van der Waals surface area contributed by atoms with Crippen LogP contribution in [-0.2, 0) is 14.3 Å². The normalized spacial score (nSPS) is 29.5. The van der Waals surface area contributed by atoms with E-state index in [0.29, 0.717) is 6.61 Å². The van der Waals surface area contributed by atoms with Crippen LogP contribution in [0.4, 0.5) is 0 Å². The van der Waals surface area contributed by atoms with Crippen molar-refractivity contribution in [3.05, 3.63) is 12.7 Å². The van der Waals surface area contributed by atoms with E-state index >= 15 is 0 Å². The molecule has 0 aliphatic carbocycles. The standard InChI is InChI=1S/C10H16O4/c1-3-8-9(5-4-6-13-8)14-7(2)10(11)12/h3,7-9H,1,4-6H2,2H3,(H,11,12)/t7?,8-,9+/m1/s1. The van der Waals surface area contributed by atoms with E-state index in [0.717, 1.165) is 12.8 Å². The molecule has 1 fully saturated rings. The summed E-state index contributed by atoms with van der Waals surface area (Å²) in [5, 5.41) is 8.68. The highest BCUT2D eigenvalue weighted by atomic mass is 16.6. The molecule has 0 aromatic rings. The minimum Gasteiger partial charge on any atom is -0.479 e. The summed E-state index contributed by atoms with van der Waals surface area (Å²) in [6, 6.07) is 0. The number of carboxylic acid groups (broad SMARTS) is 1. The van der Waals surface area contributed by atoms with Gasteiger partial charge in [0.15, 0.2) is 6.10 Å². The maximum Gasteiger partial charge on any atom is 0.332 e. The molecule has 0 radical (unpaired) electrons. The average Bonchev–Trinajstić information content (AvgIpc) is 2.18. The molecule has 0 amide bonds. The van der Waals surface area contributed by atoms with Gasteiger partial charge >= 0.3 is 5.97 Å². The van der Waals surface area contributed by atoms with Crippen LogP contribution < -0.4 is 0 Å². The lowest BCUT2D eigenvalue weighted by Crippen LogP contribution is -2.38. The second-order valence-electron chi connectivity index (χ2n) is 3.37. The molecule has 1 heterocycles. The number of hydrogen-bond acceptors (Lipinski definition) is 3. The third kappa shape index (κ3) is 2.82. The fourth-order valence-corrected chi connectivity index (χ4v) is 1.46. The molecule has 0 aromatic carbocycles. The van der Waals surface area contributed by atoms with Gasteiger partial charge in [0.2, 0.25) is 0 Å². The van der Waals surface area contributed by atoms with Crippen molar-refractivity contribution in [2.45, 2.75) is 38.1 Å². The molecule has 1 aliphatic rings. The highest BCUT2D eigenvalue weighted by Crippen LogP contribution is 2.19. The lowest BCUT2D eigenvalue weighted by atomic mass is 10.1. The first-order chi connectivity index (χ1) is 6.65. The van der Waals surface area contributed by atoms with Crippen LogP contribution in [0, 0.1) is 0 Å². The lowest BCUT2D eigenvalue weighted by Gasteiger charge is -2.30. The molecule has 4 nitrogen and oxygen atoms in total. The maximum atomic E-state index is 10.6. The molecule has 1 rings (SSSR count). The van der Waals surface area contributed by atoms with Crippen LogP contribution in [0.1, 0.15) is 19.8 Å². The summed E-state index contributed by atoms with van der Waals surface area (Å²) in [4.78, 5) is 10.6. The van der Waals surface area contributed by atoms with Crippen molar-refractivity contribution in [1.29, 1.82) is 0 Å². The van der Waals surface area contributed by atoms with E-state index in [1.807, 2.05) is 0 Å². The SMILES string of the molecule is C=C[C@H]1OCCC[C@@H]1OC(C)C(=O)O. The first-order valence-corrected chi connectivity index (χ1v) is 4.77. The lowest BCUT2D eigenvalue weighted by molar-refractivity contribution is -0.162. The Hall–Kier alpha value is -0.870. The van der Waals surface area contributed by atoms with Gasteiger partial charge in [-0.15, -0.1) is 6.58 Å². The van der Waals surface area contributed by atoms with Crippen LogP contribution in [0.15, 0.2) is 12.7 Å². The van der Waals surface area contributed by atoms with Gasteiger partial charge in [-0.05, 0) is 19.8 Å². The third-order valence-corrected chi connectivity index (χ3v) is 2.27. The summed E-state index contributed by atoms with van der Waals surface area (Å²) in [6.07, 6.45) is 2.26. The Bertz CT molecular complexity index is 214. The van der Waals surface area contributed by atoms with E-state index in [9.17, 15) is 4.79 Å². The van der Waals surface area contributed by atoms with Gasteiger partial charge in [-0.25, -0.2) is 4.79 Å². The molecule has 4 heteroatoms. The maximum absolute atomic E-state index is 10.6. The number of carboxylic acids is 1. The number of aliphatic carboxylic acids is 1. The molecule has 0 saturated carbocycles. The van der Waals surface area contributed by atoms with Gasteiger partial charge in [-0.2, -0.15) is 0 Å². The van der Waals surface area contributed by atoms with E-state index in [1.54, 1.807) is 6.08 Å². The molecule has 0 aromatic heterocycles. The van der Waals surface area contributed by atoms with E-state index in [2.05, 4.69) is 6.58 Å². The van der Waals surface area contributed by atoms with Crippen LogP contribution in [0.25, 0.3) is 0 Å². The Morgan fingerprint density at radius 3 is 3.07 bits per heavy atom. The van der Waals surface area contributed by atoms with Gasteiger partial charge in [0, 0.05) is 6.61 Å². The average molecular weight is 200 g/mol. The summed E-state index contributed by atoms with van der Waals surface area (Å²) in [5.74, 6) is -0.946. The molecular weight excluding hydrogens is 184 g/mol. The molecule has 1 N–H and O–H groups in total. The Morgan fingerprint density at radius 1 is 1.79 bits per heavy atom. The summed E-state index contributed by atoms with van der Waals surface area (Å²) in [5.41, 5.74) is 0. The zero-order valence-corrected chi connectivity index (χ0v) is 8.31. The zero-order valence-electron chi connectivity index (χ0n) is 8.31. The molecule has 0 bridgehead atoms. The first-order valence-electron chi connectivity index (χ1n) is 4.77. The van der Waals surface area contributed by atoms with Crippen molar-refractivity contribution >= 4 is 5.97 Å². The molecule has 3 atom stereocenters. The van der Waals surface area contributed by atoms with Gasteiger partial charge in [0.25, 0.3) is 0 Å². The fraction of sp³-hybridized carbons (Fsp3) is 0.700. The third-order valence-electron chi connectivity index (χ3n) is 2.27. The van der Waals surface area contributed by atoms with Gasteiger partial charge in [-0.1, -0.05) is 6.08 Å². The number of ether oxygens (including phenoxy) is 2. The van der Waals surface area contributed by atoms with Gasteiger partial charge in [0.05, 0.1) is 6.10 Å². The minimum atomic E-state index is -0.946. The fourth-order valence-electron chi connectivity index (χ4n) is 1.46. The molecule has 0 spiro atoms. The zero-order chi connectivity index (χ0) is 10.6. The summed E-state index contributed by atoms with van der Waals surface area (Å²) in [7, 11) is 0. The van der Waals surface area contributed by atoms with Crippen molar-refractivity contribution in [1.82, 2.24) is 0 Å². The Kier molecular flexibility index (Phi) is 4.10. The monoisotopic (exact) mass is 200 g/mol. The van der Waals surface area contributed by atoms with Crippen molar-refractivity contribution in [3.8, 4) is 0 Å². The smallest absolute Gasteiger partial charge is 0.332 e. The Balaban J connectivity index is 2.47. The second kappa shape index (κ2) is 5.12. The van der Waals surface area contributed by atoms with Crippen molar-refractivity contribution in [3.63, 3.8) is 0 Å².